The van der Waals surface area contributed by atoms with Crippen molar-refractivity contribution in [3.8, 4) is 22.6 Å². The second-order valence-electron chi connectivity index (χ2n) is 6.63. The van der Waals surface area contributed by atoms with Crippen molar-refractivity contribution in [2.24, 2.45) is 7.05 Å². The number of H-pyrrole nitrogens is 1. The summed E-state index contributed by atoms with van der Waals surface area (Å²) >= 11 is 0. The summed E-state index contributed by atoms with van der Waals surface area (Å²) in [6.07, 6.45) is 0. The van der Waals surface area contributed by atoms with E-state index in [0.717, 1.165) is 16.3 Å². The van der Waals surface area contributed by atoms with E-state index >= 15 is 0 Å². The van der Waals surface area contributed by atoms with E-state index in [2.05, 4.69) is 4.98 Å². The first-order chi connectivity index (χ1) is 14.0. The van der Waals surface area contributed by atoms with Gasteiger partial charge < -0.3 is 19.2 Å². The van der Waals surface area contributed by atoms with Gasteiger partial charge in [-0.3, -0.25) is 9.36 Å². The van der Waals surface area contributed by atoms with Crippen LogP contribution in [0.3, 0.4) is 0 Å². The Morgan fingerprint density at radius 1 is 0.931 bits per heavy atom. The summed E-state index contributed by atoms with van der Waals surface area (Å²) in [5, 5.41) is 1.65. The third-order valence-electron chi connectivity index (χ3n) is 5.10. The summed E-state index contributed by atoms with van der Waals surface area (Å²) in [5.74, 6) is 0.761. The van der Waals surface area contributed by atoms with Crippen LogP contribution in [0, 0.1) is 0 Å². The molecule has 0 aliphatic rings. The number of carbonyl (C=O) groups is 1. The number of aromatic amines is 1. The SMILES string of the molecule is COC(=O)c1ccc2[nH]c3c(cc(-c4ccc(OC)cc4OC)c(=O)n3C)c2c1. The van der Waals surface area contributed by atoms with Crippen LogP contribution in [0.1, 0.15) is 10.4 Å². The highest BCUT2D eigenvalue weighted by Crippen LogP contribution is 2.34. The highest BCUT2D eigenvalue weighted by molar-refractivity contribution is 6.09. The van der Waals surface area contributed by atoms with Gasteiger partial charge in [0.1, 0.15) is 17.1 Å². The molecule has 29 heavy (non-hydrogen) atoms. The Kier molecular flexibility index (Phi) is 4.50. The number of benzene rings is 2. The Hall–Kier alpha value is -3.74. The molecule has 0 radical (unpaired) electrons. The van der Waals surface area contributed by atoms with Gasteiger partial charge in [0, 0.05) is 35.0 Å². The average Bonchev–Trinajstić information content (AvgIpc) is 3.13. The van der Waals surface area contributed by atoms with E-state index in [1.54, 1.807) is 62.2 Å². The number of aryl methyl sites for hydroxylation is 1. The van der Waals surface area contributed by atoms with Crippen molar-refractivity contribution in [2.45, 2.75) is 0 Å². The van der Waals surface area contributed by atoms with E-state index in [9.17, 15) is 9.59 Å². The van der Waals surface area contributed by atoms with Gasteiger partial charge in [0.05, 0.1) is 32.5 Å². The Balaban J connectivity index is 2.03. The van der Waals surface area contributed by atoms with Crippen LogP contribution in [0.5, 0.6) is 11.5 Å². The molecule has 0 unspecified atom stereocenters. The van der Waals surface area contributed by atoms with E-state index in [-0.39, 0.29) is 5.56 Å². The average molecular weight is 392 g/mol. The number of methoxy groups -OCH3 is 3. The maximum absolute atomic E-state index is 13.1. The molecular weight excluding hydrogens is 372 g/mol. The zero-order valence-electron chi connectivity index (χ0n) is 16.5. The third-order valence-corrected chi connectivity index (χ3v) is 5.10. The van der Waals surface area contributed by atoms with Gasteiger partial charge in [0.15, 0.2) is 0 Å². The molecule has 2 aromatic heterocycles. The molecule has 148 valence electrons. The van der Waals surface area contributed by atoms with Crippen molar-refractivity contribution in [2.75, 3.05) is 21.3 Å². The molecule has 0 saturated carbocycles. The number of pyridine rings is 1. The lowest BCUT2D eigenvalue weighted by Gasteiger charge is -2.12. The first-order valence-corrected chi connectivity index (χ1v) is 8.94. The maximum Gasteiger partial charge on any atom is 0.337 e. The lowest BCUT2D eigenvalue weighted by Crippen LogP contribution is -2.19. The maximum atomic E-state index is 13.1. The summed E-state index contributed by atoms with van der Waals surface area (Å²) < 4.78 is 17.1. The Bertz CT molecular complexity index is 1320. The summed E-state index contributed by atoms with van der Waals surface area (Å²) in [7, 11) is 6.18. The van der Waals surface area contributed by atoms with Crippen LogP contribution < -0.4 is 15.0 Å². The highest BCUT2D eigenvalue weighted by atomic mass is 16.5. The second kappa shape index (κ2) is 7.01. The first-order valence-electron chi connectivity index (χ1n) is 8.94. The van der Waals surface area contributed by atoms with Crippen molar-refractivity contribution < 1.29 is 19.0 Å². The number of ether oxygens (including phenoxy) is 3. The molecular formula is C22H20N2O5. The fourth-order valence-corrected chi connectivity index (χ4v) is 3.56. The minimum absolute atomic E-state index is 0.166. The van der Waals surface area contributed by atoms with E-state index < -0.39 is 5.97 Å². The Morgan fingerprint density at radius 2 is 1.72 bits per heavy atom. The summed E-state index contributed by atoms with van der Waals surface area (Å²) in [6, 6.07) is 12.4. The number of fused-ring (bicyclic) bond motifs is 3. The predicted octanol–water partition coefficient (Wildman–Crippen LogP) is 3.49. The van der Waals surface area contributed by atoms with Gasteiger partial charge in [-0.1, -0.05) is 0 Å². The minimum Gasteiger partial charge on any atom is -0.497 e. The first kappa shape index (κ1) is 18.6. The number of nitrogens with one attached hydrogen (secondary N) is 1. The molecule has 0 bridgehead atoms. The molecule has 4 rings (SSSR count). The predicted molar refractivity (Wildman–Crippen MR) is 111 cm³/mol. The van der Waals surface area contributed by atoms with Crippen LogP contribution in [0.2, 0.25) is 0 Å². The molecule has 0 aliphatic carbocycles. The van der Waals surface area contributed by atoms with Crippen LogP contribution >= 0.6 is 0 Å². The molecule has 0 aliphatic heterocycles. The van der Waals surface area contributed by atoms with Crippen LogP contribution in [0.25, 0.3) is 33.1 Å². The molecule has 0 amide bonds. The Labute approximate surface area is 166 Å². The van der Waals surface area contributed by atoms with Gasteiger partial charge in [-0.25, -0.2) is 4.79 Å². The zero-order chi connectivity index (χ0) is 20.7. The van der Waals surface area contributed by atoms with Gasteiger partial charge in [-0.2, -0.15) is 0 Å². The fourth-order valence-electron chi connectivity index (χ4n) is 3.56. The number of aromatic nitrogens is 2. The van der Waals surface area contributed by atoms with E-state index in [0.29, 0.717) is 33.8 Å². The van der Waals surface area contributed by atoms with Gasteiger partial charge >= 0.3 is 5.97 Å². The van der Waals surface area contributed by atoms with Gasteiger partial charge in [0.2, 0.25) is 0 Å². The van der Waals surface area contributed by atoms with Crippen molar-refractivity contribution in [3.05, 3.63) is 58.4 Å². The second-order valence-corrected chi connectivity index (χ2v) is 6.63. The summed E-state index contributed by atoms with van der Waals surface area (Å²) in [4.78, 5) is 28.3. The summed E-state index contributed by atoms with van der Waals surface area (Å²) in [6.45, 7) is 0. The number of esters is 1. The molecule has 4 aromatic rings. The summed E-state index contributed by atoms with van der Waals surface area (Å²) in [5.41, 5.74) is 2.92. The molecule has 1 N–H and O–H groups in total. The molecule has 7 heteroatoms. The molecule has 0 spiro atoms. The third kappa shape index (κ3) is 2.91. The van der Waals surface area contributed by atoms with Crippen LogP contribution in [-0.2, 0) is 11.8 Å². The van der Waals surface area contributed by atoms with Crippen molar-refractivity contribution in [1.82, 2.24) is 9.55 Å². The molecule has 0 saturated heterocycles. The number of nitrogens with zero attached hydrogens (tertiary/aromatic N) is 1. The molecule has 2 aromatic carbocycles. The largest absolute Gasteiger partial charge is 0.497 e. The number of hydrogen-bond donors (Lipinski definition) is 1. The smallest absolute Gasteiger partial charge is 0.337 e. The van der Waals surface area contributed by atoms with Crippen LogP contribution in [-0.4, -0.2) is 36.8 Å². The molecule has 0 fully saturated rings. The van der Waals surface area contributed by atoms with Gasteiger partial charge in [-0.15, -0.1) is 0 Å². The van der Waals surface area contributed by atoms with E-state index in [1.165, 1.54) is 7.11 Å². The minimum atomic E-state index is -0.414. The molecule has 7 nitrogen and oxygen atoms in total. The van der Waals surface area contributed by atoms with Crippen molar-refractivity contribution in [3.63, 3.8) is 0 Å². The van der Waals surface area contributed by atoms with Gasteiger partial charge in [-0.05, 0) is 36.4 Å². The quantitative estimate of drug-likeness (QED) is 0.538. The lowest BCUT2D eigenvalue weighted by atomic mass is 10.0. The van der Waals surface area contributed by atoms with E-state index in [1.807, 2.05) is 6.07 Å². The molecule has 2 heterocycles. The molecule has 0 atom stereocenters. The van der Waals surface area contributed by atoms with Crippen LogP contribution in [0.15, 0.2) is 47.3 Å². The Morgan fingerprint density at radius 3 is 2.41 bits per heavy atom. The topological polar surface area (TPSA) is 82.6 Å². The van der Waals surface area contributed by atoms with E-state index in [4.69, 9.17) is 14.2 Å². The normalized spacial score (nSPS) is 11.0. The van der Waals surface area contributed by atoms with Crippen LogP contribution in [0.4, 0.5) is 0 Å². The van der Waals surface area contributed by atoms with Crippen molar-refractivity contribution >= 4 is 27.9 Å². The number of hydrogen-bond acceptors (Lipinski definition) is 5. The highest BCUT2D eigenvalue weighted by Gasteiger charge is 2.17. The lowest BCUT2D eigenvalue weighted by molar-refractivity contribution is 0.0601. The monoisotopic (exact) mass is 392 g/mol. The van der Waals surface area contributed by atoms with Gasteiger partial charge in [0.25, 0.3) is 5.56 Å². The zero-order valence-corrected chi connectivity index (χ0v) is 16.5. The number of carbonyl (C=O) groups excluding carboxylic acids is 1. The fraction of sp³-hybridized carbons (Fsp3) is 0.182. The number of rotatable bonds is 4. The van der Waals surface area contributed by atoms with Crippen molar-refractivity contribution in [1.29, 1.82) is 0 Å². The standard InChI is InChI=1S/C22H20N2O5/c1-24-20-16(15-9-12(22(26)29-4)5-8-18(15)23-20)11-17(21(24)25)14-7-6-13(27-2)10-19(14)28-3/h5-11,23H,1-4H3.